The molecule has 1 saturated heterocycles. The molecule has 0 bridgehead atoms. The quantitative estimate of drug-likeness (QED) is 0.783. The van der Waals surface area contributed by atoms with Crippen molar-refractivity contribution in [3.05, 3.63) is 29.8 Å². The van der Waals surface area contributed by atoms with Gasteiger partial charge < -0.3 is 15.0 Å². The highest BCUT2D eigenvalue weighted by Gasteiger charge is 2.17. The van der Waals surface area contributed by atoms with E-state index in [1.807, 2.05) is 36.1 Å². The fourth-order valence-electron chi connectivity index (χ4n) is 2.47. The van der Waals surface area contributed by atoms with Crippen LogP contribution in [0.2, 0.25) is 0 Å². The van der Waals surface area contributed by atoms with Gasteiger partial charge in [-0.15, -0.1) is 0 Å². The third kappa shape index (κ3) is 5.06. The normalized spacial score (nSPS) is 14.0. The van der Waals surface area contributed by atoms with Crippen LogP contribution < -0.4 is 10.1 Å². The van der Waals surface area contributed by atoms with Crippen molar-refractivity contribution in [1.29, 1.82) is 0 Å². The lowest BCUT2D eigenvalue weighted by Gasteiger charge is -2.15. The summed E-state index contributed by atoms with van der Waals surface area (Å²) in [6, 6.07) is 7.81. The van der Waals surface area contributed by atoms with E-state index in [0.717, 1.165) is 37.2 Å². The van der Waals surface area contributed by atoms with Crippen LogP contribution >= 0.6 is 0 Å². The van der Waals surface area contributed by atoms with E-state index in [2.05, 4.69) is 5.32 Å². The first-order chi connectivity index (χ1) is 10.7. The van der Waals surface area contributed by atoms with E-state index >= 15 is 0 Å². The van der Waals surface area contributed by atoms with Gasteiger partial charge in [0.2, 0.25) is 11.8 Å². The molecule has 0 radical (unpaired) electrons. The van der Waals surface area contributed by atoms with E-state index in [0.29, 0.717) is 19.4 Å². The van der Waals surface area contributed by atoms with Crippen LogP contribution in [0.1, 0.15) is 31.2 Å². The van der Waals surface area contributed by atoms with Gasteiger partial charge in [0.25, 0.3) is 0 Å². The summed E-state index contributed by atoms with van der Waals surface area (Å²) in [6.07, 6.45) is 3.14. The minimum Gasteiger partial charge on any atom is -0.493 e. The van der Waals surface area contributed by atoms with Gasteiger partial charge in [-0.05, 0) is 37.8 Å². The number of ether oxygens (including phenoxy) is 1. The SMILES string of the molecule is Cc1ccccc1OCCCC(=O)NCC(=O)N1CCCC1. The Hall–Kier alpha value is -2.04. The molecule has 0 aliphatic carbocycles. The lowest BCUT2D eigenvalue weighted by atomic mass is 10.2. The van der Waals surface area contributed by atoms with E-state index in [4.69, 9.17) is 4.74 Å². The number of carbonyl (C=O) groups is 2. The molecule has 1 aromatic carbocycles. The van der Waals surface area contributed by atoms with Crippen LogP contribution in [0.5, 0.6) is 5.75 Å². The maximum atomic E-state index is 11.8. The van der Waals surface area contributed by atoms with Crippen LogP contribution in [-0.2, 0) is 9.59 Å². The number of hydrogen-bond acceptors (Lipinski definition) is 3. The van der Waals surface area contributed by atoms with Crippen LogP contribution in [0.15, 0.2) is 24.3 Å². The van der Waals surface area contributed by atoms with E-state index in [9.17, 15) is 9.59 Å². The molecule has 1 aromatic rings. The molecule has 0 spiro atoms. The van der Waals surface area contributed by atoms with Crippen molar-refractivity contribution >= 4 is 11.8 Å². The van der Waals surface area contributed by atoms with Crippen LogP contribution in [0.3, 0.4) is 0 Å². The highest BCUT2D eigenvalue weighted by atomic mass is 16.5. The fourth-order valence-corrected chi connectivity index (χ4v) is 2.47. The predicted molar refractivity (Wildman–Crippen MR) is 84.7 cm³/mol. The van der Waals surface area contributed by atoms with Gasteiger partial charge in [0.15, 0.2) is 0 Å². The molecule has 1 fully saturated rings. The first-order valence-electron chi connectivity index (χ1n) is 7.90. The Morgan fingerprint density at radius 3 is 2.68 bits per heavy atom. The molecule has 2 amide bonds. The lowest BCUT2D eigenvalue weighted by Crippen LogP contribution is -2.38. The Labute approximate surface area is 131 Å². The molecule has 1 aliphatic rings. The number of likely N-dealkylation sites (tertiary alicyclic amines) is 1. The van der Waals surface area contributed by atoms with Crippen molar-refractivity contribution in [2.75, 3.05) is 26.2 Å². The second-order valence-corrected chi connectivity index (χ2v) is 5.58. The average molecular weight is 304 g/mol. The molecule has 0 saturated carbocycles. The molecular formula is C17H24N2O3. The third-order valence-electron chi connectivity index (χ3n) is 3.79. The number of carbonyl (C=O) groups excluding carboxylic acids is 2. The first kappa shape index (κ1) is 16.3. The van der Waals surface area contributed by atoms with Crippen molar-refractivity contribution in [3.63, 3.8) is 0 Å². The Morgan fingerprint density at radius 1 is 1.23 bits per heavy atom. The third-order valence-corrected chi connectivity index (χ3v) is 3.79. The number of aryl methyl sites for hydroxylation is 1. The largest absolute Gasteiger partial charge is 0.493 e. The predicted octanol–water partition coefficient (Wildman–Crippen LogP) is 1.89. The second kappa shape index (κ2) is 8.41. The number of rotatable bonds is 7. The molecule has 0 aromatic heterocycles. The number of hydrogen-bond donors (Lipinski definition) is 1. The number of nitrogens with one attached hydrogen (secondary N) is 1. The summed E-state index contributed by atoms with van der Waals surface area (Å²) in [6.45, 7) is 4.24. The molecule has 120 valence electrons. The van der Waals surface area contributed by atoms with Crippen molar-refractivity contribution in [2.24, 2.45) is 0 Å². The van der Waals surface area contributed by atoms with Crippen LogP contribution in [0.4, 0.5) is 0 Å². The van der Waals surface area contributed by atoms with Crippen molar-refractivity contribution in [1.82, 2.24) is 10.2 Å². The van der Waals surface area contributed by atoms with Gasteiger partial charge in [0.1, 0.15) is 5.75 Å². The number of amides is 2. The van der Waals surface area contributed by atoms with Crippen molar-refractivity contribution in [3.8, 4) is 5.75 Å². The van der Waals surface area contributed by atoms with Crippen molar-refractivity contribution < 1.29 is 14.3 Å². The van der Waals surface area contributed by atoms with Gasteiger partial charge in [0, 0.05) is 19.5 Å². The van der Waals surface area contributed by atoms with E-state index < -0.39 is 0 Å². The summed E-state index contributed by atoms with van der Waals surface area (Å²) in [5.41, 5.74) is 1.09. The Kier molecular flexibility index (Phi) is 6.25. The summed E-state index contributed by atoms with van der Waals surface area (Å²) in [4.78, 5) is 25.3. The maximum absolute atomic E-state index is 11.8. The Bertz CT molecular complexity index is 510. The zero-order valence-corrected chi connectivity index (χ0v) is 13.1. The van der Waals surface area contributed by atoms with Gasteiger partial charge in [-0.1, -0.05) is 18.2 Å². The fraction of sp³-hybridized carbons (Fsp3) is 0.529. The van der Waals surface area contributed by atoms with Crippen LogP contribution in [0, 0.1) is 6.92 Å². The summed E-state index contributed by atoms with van der Waals surface area (Å²) in [7, 11) is 0. The smallest absolute Gasteiger partial charge is 0.241 e. The minimum atomic E-state index is -0.0964. The summed E-state index contributed by atoms with van der Waals surface area (Å²) >= 11 is 0. The molecular weight excluding hydrogens is 280 g/mol. The zero-order chi connectivity index (χ0) is 15.8. The van der Waals surface area contributed by atoms with Crippen LogP contribution in [-0.4, -0.2) is 43.0 Å². The standard InChI is InChI=1S/C17H24N2O3/c1-14-7-2-3-8-15(14)22-12-6-9-16(20)18-13-17(21)19-10-4-5-11-19/h2-3,7-8H,4-6,9-13H2,1H3,(H,18,20). The average Bonchev–Trinajstić information content (AvgIpc) is 3.05. The summed E-state index contributed by atoms with van der Waals surface area (Å²) in [5, 5.41) is 2.68. The molecule has 2 rings (SSSR count). The van der Waals surface area contributed by atoms with E-state index in [-0.39, 0.29) is 18.4 Å². The number of para-hydroxylation sites is 1. The monoisotopic (exact) mass is 304 g/mol. The van der Waals surface area contributed by atoms with Gasteiger partial charge in [-0.2, -0.15) is 0 Å². The summed E-state index contributed by atoms with van der Waals surface area (Å²) < 4.78 is 5.64. The molecule has 0 unspecified atom stereocenters. The Balaban J connectivity index is 1.58. The van der Waals surface area contributed by atoms with Gasteiger partial charge in [0.05, 0.1) is 13.2 Å². The number of nitrogens with zero attached hydrogens (tertiary/aromatic N) is 1. The van der Waals surface area contributed by atoms with E-state index in [1.54, 1.807) is 0 Å². The number of benzene rings is 1. The second-order valence-electron chi connectivity index (χ2n) is 5.58. The molecule has 5 nitrogen and oxygen atoms in total. The molecule has 22 heavy (non-hydrogen) atoms. The first-order valence-corrected chi connectivity index (χ1v) is 7.90. The lowest BCUT2D eigenvalue weighted by molar-refractivity contribution is -0.132. The minimum absolute atomic E-state index is 0.0158. The van der Waals surface area contributed by atoms with Gasteiger partial charge >= 0.3 is 0 Å². The Morgan fingerprint density at radius 2 is 1.95 bits per heavy atom. The van der Waals surface area contributed by atoms with Crippen molar-refractivity contribution in [2.45, 2.75) is 32.6 Å². The molecule has 1 heterocycles. The topological polar surface area (TPSA) is 58.6 Å². The molecule has 1 aliphatic heterocycles. The highest BCUT2D eigenvalue weighted by molar-refractivity contribution is 5.84. The highest BCUT2D eigenvalue weighted by Crippen LogP contribution is 2.16. The van der Waals surface area contributed by atoms with Crippen LogP contribution in [0.25, 0.3) is 0 Å². The maximum Gasteiger partial charge on any atom is 0.241 e. The summed E-state index contributed by atoms with van der Waals surface area (Å²) in [5.74, 6) is 0.773. The molecule has 1 N–H and O–H groups in total. The zero-order valence-electron chi connectivity index (χ0n) is 13.1. The molecule has 5 heteroatoms. The molecule has 0 atom stereocenters. The van der Waals surface area contributed by atoms with E-state index in [1.165, 1.54) is 0 Å². The van der Waals surface area contributed by atoms with Gasteiger partial charge in [-0.3, -0.25) is 9.59 Å². The van der Waals surface area contributed by atoms with Gasteiger partial charge in [-0.25, -0.2) is 0 Å².